The molecule has 1 aliphatic carbocycles. The van der Waals surface area contributed by atoms with E-state index >= 15 is 0 Å². The average molecular weight is 220 g/mol. The van der Waals surface area contributed by atoms with Crippen molar-refractivity contribution in [1.29, 1.82) is 5.26 Å². The molecule has 2 aliphatic rings. The van der Waals surface area contributed by atoms with Crippen LogP contribution in [-0.2, 0) is 4.79 Å². The molecule has 1 unspecified atom stereocenters. The zero-order chi connectivity index (χ0) is 11.6. The van der Waals surface area contributed by atoms with Gasteiger partial charge in [0.1, 0.15) is 0 Å². The molecule has 86 valence electrons. The highest BCUT2D eigenvalue weighted by molar-refractivity contribution is 6.01. The molecule has 0 aromatic heterocycles. The summed E-state index contributed by atoms with van der Waals surface area (Å²) in [6, 6.07) is 2.09. The Kier molecular flexibility index (Phi) is 2.82. The number of guanidine groups is 1. The first-order valence-electron chi connectivity index (χ1n) is 5.74. The van der Waals surface area contributed by atoms with E-state index in [0.717, 1.165) is 38.5 Å². The summed E-state index contributed by atoms with van der Waals surface area (Å²) in [5.41, 5.74) is 5.05. The van der Waals surface area contributed by atoms with Gasteiger partial charge in [0.25, 0.3) is 0 Å². The normalized spacial score (nSPS) is 28.8. The fraction of sp³-hybridized carbons (Fsp3) is 0.727. The molecule has 1 spiro atoms. The van der Waals surface area contributed by atoms with Crippen LogP contribution in [0.1, 0.15) is 38.5 Å². The van der Waals surface area contributed by atoms with E-state index < -0.39 is 11.5 Å². The van der Waals surface area contributed by atoms with Gasteiger partial charge in [0.15, 0.2) is 11.9 Å². The number of hydrogen-bond acceptors (Lipinski definition) is 4. The lowest BCUT2D eigenvalue weighted by Gasteiger charge is -2.35. The Morgan fingerprint density at radius 1 is 1.38 bits per heavy atom. The molecule has 1 fully saturated rings. The Hall–Kier alpha value is -1.57. The molecule has 0 aromatic carbocycles. The molecule has 0 bridgehead atoms. The Bertz CT molecular complexity index is 361. The highest BCUT2D eigenvalue weighted by Gasteiger charge is 2.46. The number of nitriles is 1. The van der Waals surface area contributed by atoms with Crippen LogP contribution in [0, 0.1) is 17.2 Å². The maximum absolute atomic E-state index is 11.7. The van der Waals surface area contributed by atoms with Gasteiger partial charge in [-0.2, -0.15) is 5.26 Å². The third-order valence-electron chi connectivity index (χ3n) is 3.49. The highest BCUT2D eigenvalue weighted by Crippen LogP contribution is 2.38. The Morgan fingerprint density at radius 3 is 2.56 bits per heavy atom. The molecule has 1 saturated carbocycles. The topological polar surface area (TPSA) is 91.3 Å². The van der Waals surface area contributed by atoms with Gasteiger partial charge in [-0.15, -0.1) is 0 Å². The van der Waals surface area contributed by atoms with E-state index in [1.165, 1.54) is 0 Å². The SMILES string of the molecule is N#CC1C(=O)NC(N)=NC12CCCCCC2. The van der Waals surface area contributed by atoms with Crippen LogP contribution in [0.3, 0.4) is 0 Å². The summed E-state index contributed by atoms with van der Waals surface area (Å²) in [5, 5.41) is 11.6. The van der Waals surface area contributed by atoms with E-state index in [1.54, 1.807) is 0 Å². The molecular weight excluding hydrogens is 204 g/mol. The smallest absolute Gasteiger partial charge is 0.246 e. The lowest BCUT2D eigenvalue weighted by atomic mass is 9.77. The van der Waals surface area contributed by atoms with Gasteiger partial charge >= 0.3 is 0 Å². The summed E-state index contributed by atoms with van der Waals surface area (Å²) in [6.07, 6.45) is 5.91. The second kappa shape index (κ2) is 4.12. The van der Waals surface area contributed by atoms with E-state index in [-0.39, 0.29) is 11.9 Å². The van der Waals surface area contributed by atoms with Gasteiger partial charge in [0.05, 0.1) is 11.6 Å². The number of amides is 1. The monoisotopic (exact) mass is 220 g/mol. The lowest BCUT2D eigenvalue weighted by molar-refractivity contribution is -0.124. The van der Waals surface area contributed by atoms with Crippen molar-refractivity contribution in [2.45, 2.75) is 44.1 Å². The van der Waals surface area contributed by atoms with Crippen LogP contribution < -0.4 is 11.1 Å². The molecule has 0 aromatic rings. The quantitative estimate of drug-likeness (QED) is 0.628. The lowest BCUT2D eigenvalue weighted by Crippen LogP contribution is -2.55. The molecule has 0 radical (unpaired) electrons. The van der Waals surface area contributed by atoms with E-state index in [9.17, 15) is 4.79 Å². The van der Waals surface area contributed by atoms with Gasteiger partial charge < -0.3 is 5.73 Å². The van der Waals surface area contributed by atoms with Crippen molar-refractivity contribution in [2.24, 2.45) is 16.6 Å². The predicted molar refractivity (Wildman–Crippen MR) is 59.3 cm³/mol. The zero-order valence-electron chi connectivity index (χ0n) is 9.20. The first kappa shape index (κ1) is 10.9. The van der Waals surface area contributed by atoms with Crippen molar-refractivity contribution in [1.82, 2.24) is 5.32 Å². The standard InChI is InChI=1S/C11H16N4O/c12-7-8-9(16)14-10(13)15-11(8)5-3-1-2-4-6-11/h8H,1-6H2,(H3,13,14,15,16). The zero-order valence-corrected chi connectivity index (χ0v) is 9.20. The summed E-state index contributed by atoms with van der Waals surface area (Å²) >= 11 is 0. The van der Waals surface area contributed by atoms with Gasteiger partial charge in [-0.25, -0.2) is 4.99 Å². The van der Waals surface area contributed by atoms with Gasteiger partial charge in [-0.3, -0.25) is 10.1 Å². The van der Waals surface area contributed by atoms with Crippen molar-refractivity contribution in [3.05, 3.63) is 0 Å². The van der Waals surface area contributed by atoms with Crippen LogP contribution in [0.15, 0.2) is 4.99 Å². The van der Waals surface area contributed by atoms with Crippen molar-refractivity contribution < 1.29 is 4.79 Å². The third kappa shape index (κ3) is 1.75. The van der Waals surface area contributed by atoms with Gasteiger partial charge in [0.2, 0.25) is 5.91 Å². The molecule has 3 N–H and O–H groups in total. The highest BCUT2D eigenvalue weighted by atomic mass is 16.2. The Balaban J connectivity index is 2.36. The Labute approximate surface area is 94.7 Å². The second-order valence-corrected chi connectivity index (χ2v) is 4.57. The Morgan fingerprint density at radius 2 is 2.00 bits per heavy atom. The molecule has 2 rings (SSSR count). The van der Waals surface area contributed by atoms with Crippen LogP contribution in [0.5, 0.6) is 0 Å². The molecule has 1 atom stereocenters. The van der Waals surface area contributed by atoms with Crippen molar-refractivity contribution in [2.75, 3.05) is 0 Å². The van der Waals surface area contributed by atoms with Crippen molar-refractivity contribution in [3.63, 3.8) is 0 Å². The fourth-order valence-corrected chi connectivity index (χ4v) is 2.69. The minimum Gasteiger partial charge on any atom is -0.370 e. The number of carbonyl (C=O) groups excluding carboxylic acids is 1. The number of carbonyl (C=O) groups is 1. The minimum absolute atomic E-state index is 0.165. The summed E-state index contributed by atoms with van der Waals surface area (Å²) < 4.78 is 0. The van der Waals surface area contributed by atoms with Crippen molar-refractivity contribution in [3.8, 4) is 6.07 Å². The van der Waals surface area contributed by atoms with E-state index in [0.29, 0.717) is 0 Å². The second-order valence-electron chi connectivity index (χ2n) is 4.57. The van der Waals surface area contributed by atoms with E-state index in [2.05, 4.69) is 16.4 Å². The predicted octanol–water partition coefficient (Wildman–Crippen LogP) is 0.664. The first-order valence-corrected chi connectivity index (χ1v) is 5.74. The summed E-state index contributed by atoms with van der Waals surface area (Å²) in [4.78, 5) is 16.1. The van der Waals surface area contributed by atoms with Crippen LogP contribution >= 0.6 is 0 Å². The molecule has 5 nitrogen and oxygen atoms in total. The minimum atomic E-state index is -0.683. The molecule has 1 amide bonds. The van der Waals surface area contributed by atoms with Gasteiger partial charge in [-0.1, -0.05) is 25.7 Å². The van der Waals surface area contributed by atoms with Crippen LogP contribution in [-0.4, -0.2) is 17.4 Å². The molecular formula is C11H16N4O. The average Bonchev–Trinajstić information content (AvgIpc) is 2.43. The van der Waals surface area contributed by atoms with E-state index in [1.807, 2.05) is 0 Å². The maximum Gasteiger partial charge on any atom is 0.246 e. The van der Waals surface area contributed by atoms with Crippen LogP contribution in [0.4, 0.5) is 0 Å². The van der Waals surface area contributed by atoms with Crippen molar-refractivity contribution >= 4 is 11.9 Å². The number of aliphatic imine (C=N–C) groups is 1. The number of nitrogens with zero attached hydrogens (tertiary/aromatic N) is 2. The summed E-state index contributed by atoms with van der Waals surface area (Å²) in [6.45, 7) is 0. The van der Waals surface area contributed by atoms with Gasteiger partial charge in [-0.05, 0) is 12.8 Å². The molecule has 0 saturated heterocycles. The number of nitrogens with one attached hydrogen (secondary N) is 1. The maximum atomic E-state index is 11.7. The fourth-order valence-electron chi connectivity index (χ4n) is 2.69. The third-order valence-corrected chi connectivity index (χ3v) is 3.49. The van der Waals surface area contributed by atoms with E-state index in [4.69, 9.17) is 11.0 Å². The molecule has 5 heteroatoms. The molecule has 1 aliphatic heterocycles. The number of nitrogens with two attached hydrogens (primary N) is 1. The molecule has 16 heavy (non-hydrogen) atoms. The van der Waals surface area contributed by atoms with Crippen LogP contribution in [0.2, 0.25) is 0 Å². The summed E-state index contributed by atoms with van der Waals surface area (Å²) in [5.74, 6) is -0.812. The van der Waals surface area contributed by atoms with Crippen LogP contribution in [0.25, 0.3) is 0 Å². The number of rotatable bonds is 0. The summed E-state index contributed by atoms with van der Waals surface area (Å²) in [7, 11) is 0. The molecule has 1 heterocycles. The first-order chi connectivity index (χ1) is 7.68. The largest absolute Gasteiger partial charge is 0.370 e. The van der Waals surface area contributed by atoms with Gasteiger partial charge in [0, 0.05) is 0 Å². The number of hydrogen-bond donors (Lipinski definition) is 2.